The first-order chi connectivity index (χ1) is 10.8. The Hall–Kier alpha value is -1.92. The first kappa shape index (κ1) is 17.4. The van der Waals surface area contributed by atoms with Crippen molar-refractivity contribution in [2.75, 3.05) is 37.6 Å². The maximum absolute atomic E-state index is 13.1. The third-order valence-corrected chi connectivity index (χ3v) is 3.78. The summed E-state index contributed by atoms with van der Waals surface area (Å²) in [6.07, 6.45) is -4.37. The van der Waals surface area contributed by atoms with Crippen molar-refractivity contribution in [2.24, 2.45) is 5.92 Å². The lowest BCUT2D eigenvalue weighted by Crippen LogP contribution is -2.52. The van der Waals surface area contributed by atoms with Crippen LogP contribution in [-0.4, -0.2) is 43.7 Å². The topological polar surface area (TPSA) is 35.6 Å². The smallest absolute Gasteiger partial charge is 0.367 e. The standard InChI is InChI=1S/C16H22F3N3O/c1-12(2)11-20-15(23)22-9-7-21(8-10-22)14-6-4-3-5-13(14)16(17,18)19/h3-6,12H,7-11H2,1-2H3,(H,20,23). The molecule has 23 heavy (non-hydrogen) atoms. The van der Waals surface area contributed by atoms with Crippen molar-refractivity contribution in [3.8, 4) is 0 Å². The average molecular weight is 329 g/mol. The molecule has 1 saturated heterocycles. The molecule has 4 nitrogen and oxygen atoms in total. The number of para-hydroxylation sites is 1. The Bertz CT molecular complexity index is 538. The van der Waals surface area contributed by atoms with Crippen LogP contribution in [0.3, 0.4) is 0 Å². The van der Waals surface area contributed by atoms with E-state index < -0.39 is 11.7 Å². The number of rotatable bonds is 3. The number of hydrogen-bond donors (Lipinski definition) is 1. The van der Waals surface area contributed by atoms with Gasteiger partial charge in [-0.05, 0) is 18.1 Å². The summed E-state index contributed by atoms with van der Waals surface area (Å²) >= 11 is 0. The van der Waals surface area contributed by atoms with Crippen molar-refractivity contribution in [1.82, 2.24) is 10.2 Å². The zero-order valence-corrected chi connectivity index (χ0v) is 13.4. The van der Waals surface area contributed by atoms with Gasteiger partial charge in [0.05, 0.1) is 5.56 Å². The molecule has 0 radical (unpaired) electrons. The van der Waals surface area contributed by atoms with Crippen LogP contribution in [0, 0.1) is 5.92 Å². The third-order valence-electron chi connectivity index (χ3n) is 3.78. The van der Waals surface area contributed by atoms with Gasteiger partial charge in [0.2, 0.25) is 0 Å². The van der Waals surface area contributed by atoms with E-state index in [0.29, 0.717) is 38.6 Å². The number of halogens is 3. The third kappa shape index (κ3) is 4.53. The summed E-state index contributed by atoms with van der Waals surface area (Å²) in [5, 5.41) is 2.83. The van der Waals surface area contributed by atoms with Crippen LogP contribution < -0.4 is 10.2 Å². The second kappa shape index (κ2) is 7.10. The number of anilines is 1. The van der Waals surface area contributed by atoms with E-state index in [1.165, 1.54) is 12.1 Å². The van der Waals surface area contributed by atoms with Crippen LogP contribution in [0.4, 0.5) is 23.7 Å². The molecule has 128 valence electrons. The molecular formula is C16H22F3N3O. The summed E-state index contributed by atoms with van der Waals surface area (Å²) in [4.78, 5) is 15.3. The van der Waals surface area contributed by atoms with Gasteiger partial charge < -0.3 is 15.1 Å². The van der Waals surface area contributed by atoms with Crippen LogP contribution in [0.25, 0.3) is 0 Å². The minimum Gasteiger partial charge on any atom is -0.367 e. The average Bonchev–Trinajstić information content (AvgIpc) is 2.52. The molecule has 0 spiro atoms. The number of carbonyl (C=O) groups excluding carboxylic acids is 1. The number of benzene rings is 1. The van der Waals surface area contributed by atoms with Crippen LogP contribution >= 0.6 is 0 Å². The molecule has 7 heteroatoms. The molecule has 1 aliphatic heterocycles. The second-order valence-corrected chi connectivity index (χ2v) is 6.07. The van der Waals surface area contributed by atoms with Crippen LogP contribution in [-0.2, 0) is 6.18 Å². The van der Waals surface area contributed by atoms with E-state index in [2.05, 4.69) is 5.32 Å². The summed E-state index contributed by atoms with van der Waals surface area (Å²) in [6.45, 7) is 6.21. The number of carbonyl (C=O) groups is 1. The normalized spacial score (nSPS) is 15.9. The van der Waals surface area contributed by atoms with Gasteiger partial charge in [0.15, 0.2) is 0 Å². The minimum atomic E-state index is -4.37. The van der Waals surface area contributed by atoms with Crippen molar-refractivity contribution in [3.05, 3.63) is 29.8 Å². The van der Waals surface area contributed by atoms with Gasteiger partial charge in [0, 0.05) is 38.4 Å². The highest BCUT2D eigenvalue weighted by Gasteiger charge is 2.35. The van der Waals surface area contributed by atoms with E-state index >= 15 is 0 Å². The lowest BCUT2D eigenvalue weighted by molar-refractivity contribution is -0.137. The summed E-state index contributed by atoms with van der Waals surface area (Å²) in [6, 6.07) is 5.42. The lowest BCUT2D eigenvalue weighted by Gasteiger charge is -2.37. The molecule has 2 amide bonds. The Balaban J connectivity index is 1.99. The fraction of sp³-hybridized carbons (Fsp3) is 0.562. The fourth-order valence-electron chi connectivity index (χ4n) is 2.54. The maximum atomic E-state index is 13.1. The highest BCUT2D eigenvalue weighted by atomic mass is 19.4. The molecule has 1 fully saturated rings. The van der Waals surface area contributed by atoms with E-state index in [4.69, 9.17) is 0 Å². The Labute approximate surface area is 134 Å². The van der Waals surface area contributed by atoms with Crippen LogP contribution in [0.5, 0.6) is 0 Å². The predicted octanol–water partition coefficient (Wildman–Crippen LogP) is 3.19. The van der Waals surface area contributed by atoms with Crippen molar-refractivity contribution >= 4 is 11.7 Å². The first-order valence-electron chi connectivity index (χ1n) is 7.73. The molecule has 0 bridgehead atoms. The van der Waals surface area contributed by atoms with Gasteiger partial charge >= 0.3 is 12.2 Å². The number of urea groups is 1. The van der Waals surface area contributed by atoms with Crippen LogP contribution in [0.15, 0.2) is 24.3 Å². The number of amides is 2. The summed E-state index contributed by atoms with van der Waals surface area (Å²) < 4.78 is 39.2. The zero-order valence-electron chi connectivity index (χ0n) is 13.4. The van der Waals surface area contributed by atoms with Crippen LogP contribution in [0.2, 0.25) is 0 Å². The Kier molecular flexibility index (Phi) is 5.38. The van der Waals surface area contributed by atoms with E-state index in [0.717, 1.165) is 6.07 Å². The molecule has 0 atom stereocenters. The van der Waals surface area contributed by atoms with E-state index in [1.807, 2.05) is 13.8 Å². The monoisotopic (exact) mass is 329 g/mol. The van der Waals surface area contributed by atoms with Gasteiger partial charge in [-0.1, -0.05) is 26.0 Å². The molecule has 1 aromatic rings. The Morgan fingerprint density at radius 3 is 2.35 bits per heavy atom. The molecule has 2 rings (SSSR count). The summed E-state index contributed by atoms with van der Waals surface area (Å²) in [5.41, 5.74) is -0.444. The number of nitrogens with one attached hydrogen (secondary N) is 1. The number of piperazine rings is 1. The van der Waals surface area contributed by atoms with E-state index in [9.17, 15) is 18.0 Å². The molecule has 1 aliphatic rings. The van der Waals surface area contributed by atoms with Crippen molar-refractivity contribution < 1.29 is 18.0 Å². The SMILES string of the molecule is CC(C)CNC(=O)N1CCN(c2ccccc2C(F)(F)F)CC1. The Morgan fingerprint density at radius 2 is 1.78 bits per heavy atom. The molecule has 1 heterocycles. The largest absolute Gasteiger partial charge is 0.418 e. The molecule has 1 N–H and O–H groups in total. The lowest BCUT2D eigenvalue weighted by atomic mass is 10.1. The van der Waals surface area contributed by atoms with Gasteiger partial charge in [-0.3, -0.25) is 0 Å². The number of nitrogens with zero attached hydrogens (tertiary/aromatic N) is 2. The molecule has 0 aliphatic carbocycles. The summed E-state index contributed by atoms with van der Waals surface area (Å²) in [5.74, 6) is 0.360. The predicted molar refractivity (Wildman–Crippen MR) is 83.5 cm³/mol. The van der Waals surface area contributed by atoms with Gasteiger partial charge in [-0.2, -0.15) is 13.2 Å². The molecule has 0 saturated carbocycles. The zero-order chi connectivity index (χ0) is 17.0. The second-order valence-electron chi connectivity index (χ2n) is 6.07. The molecular weight excluding hydrogens is 307 g/mol. The molecule has 0 unspecified atom stereocenters. The number of hydrogen-bond acceptors (Lipinski definition) is 2. The first-order valence-corrected chi connectivity index (χ1v) is 7.73. The van der Waals surface area contributed by atoms with Crippen molar-refractivity contribution in [3.63, 3.8) is 0 Å². The maximum Gasteiger partial charge on any atom is 0.418 e. The molecule has 1 aromatic carbocycles. The van der Waals surface area contributed by atoms with Crippen molar-refractivity contribution in [1.29, 1.82) is 0 Å². The highest BCUT2D eigenvalue weighted by molar-refractivity contribution is 5.74. The van der Waals surface area contributed by atoms with Gasteiger partial charge in [0.25, 0.3) is 0 Å². The Morgan fingerprint density at radius 1 is 1.17 bits per heavy atom. The fourth-order valence-corrected chi connectivity index (χ4v) is 2.54. The number of alkyl halides is 3. The van der Waals surface area contributed by atoms with Gasteiger partial charge in [0.1, 0.15) is 0 Å². The van der Waals surface area contributed by atoms with Gasteiger partial charge in [-0.25, -0.2) is 4.79 Å². The van der Waals surface area contributed by atoms with Gasteiger partial charge in [-0.15, -0.1) is 0 Å². The van der Waals surface area contributed by atoms with Crippen molar-refractivity contribution in [2.45, 2.75) is 20.0 Å². The summed E-state index contributed by atoms with van der Waals surface area (Å²) in [7, 11) is 0. The quantitative estimate of drug-likeness (QED) is 0.924. The van der Waals surface area contributed by atoms with E-state index in [-0.39, 0.29) is 11.7 Å². The van der Waals surface area contributed by atoms with Crippen LogP contribution in [0.1, 0.15) is 19.4 Å². The van der Waals surface area contributed by atoms with E-state index in [1.54, 1.807) is 15.9 Å². The molecule has 0 aromatic heterocycles. The highest BCUT2D eigenvalue weighted by Crippen LogP contribution is 2.36. The minimum absolute atomic E-state index is 0.151.